The number of amides is 1. The average Bonchev–Trinajstić information content (AvgIpc) is 3.05. The predicted molar refractivity (Wildman–Crippen MR) is 115 cm³/mol. The third kappa shape index (κ3) is 4.13. The van der Waals surface area contributed by atoms with Gasteiger partial charge >= 0.3 is 5.97 Å². The minimum Gasteiger partial charge on any atom is -0.497 e. The lowest BCUT2D eigenvalue weighted by Gasteiger charge is -2.32. The van der Waals surface area contributed by atoms with Gasteiger partial charge in [-0.1, -0.05) is 12.1 Å². The molecule has 1 atom stereocenters. The fraction of sp³-hybridized carbons (Fsp3) is 0.333. The zero-order valence-electron chi connectivity index (χ0n) is 17.6. The summed E-state index contributed by atoms with van der Waals surface area (Å²) in [7, 11) is 3.39. The molecule has 1 amide bonds. The molecular weight excluding hydrogens is 399 g/mol. The summed E-state index contributed by atoms with van der Waals surface area (Å²) >= 11 is 0. The van der Waals surface area contributed by atoms with E-state index in [-0.39, 0.29) is 30.7 Å². The maximum absolute atomic E-state index is 14.0. The molecule has 0 saturated carbocycles. The van der Waals surface area contributed by atoms with Crippen LogP contribution in [0.15, 0.2) is 42.5 Å². The van der Waals surface area contributed by atoms with Crippen molar-refractivity contribution in [2.24, 2.45) is 0 Å². The maximum atomic E-state index is 14.0. The van der Waals surface area contributed by atoms with Gasteiger partial charge in [-0.05, 0) is 60.7 Å². The molecule has 0 radical (unpaired) electrons. The summed E-state index contributed by atoms with van der Waals surface area (Å²) in [6.45, 7) is -0.160. The number of hydrogen-bond acceptors (Lipinski definition) is 3. The number of aliphatic carboxylic acids is 1. The second-order valence-corrected chi connectivity index (χ2v) is 8.00. The number of carbonyl (C=O) groups is 2. The van der Waals surface area contributed by atoms with Crippen molar-refractivity contribution in [2.75, 3.05) is 14.2 Å². The number of hydrogen-bond donors (Lipinski definition) is 1. The normalized spacial score (nSPS) is 15.5. The fourth-order valence-corrected chi connectivity index (χ4v) is 4.54. The van der Waals surface area contributed by atoms with Crippen LogP contribution in [0, 0.1) is 5.82 Å². The zero-order valence-corrected chi connectivity index (χ0v) is 17.6. The summed E-state index contributed by atoms with van der Waals surface area (Å²) in [6.07, 6.45) is 2.21. The smallest absolute Gasteiger partial charge is 0.323 e. The molecule has 1 aliphatic carbocycles. The number of fused-ring (bicyclic) bond motifs is 3. The molecule has 31 heavy (non-hydrogen) atoms. The molecule has 2 aromatic carbocycles. The molecule has 0 fully saturated rings. The Morgan fingerprint density at radius 1 is 1.26 bits per heavy atom. The Bertz CT molecular complexity index is 1150. The lowest BCUT2D eigenvalue weighted by atomic mass is 9.90. The fourth-order valence-electron chi connectivity index (χ4n) is 4.54. The molecule has 0 spiro atoms. The van der Waals surface area contributed by atoms with E-state index in [0.29, 0.717) is 18.6 Å². The first-order valence-electron chi connectivity index (χ1n) is 10.3. The van der Waals surface area contributed by atoms with Crippen LogP contribution >= 0.6 is 0 Å². The maximum Gasteiger partial charge on any atom is 0.323 e. The largest absolute Gasteiger partial charge is 0.497 e. The van der Waals surface area contributed by atoms with Crippen LogP contribution in [-0.2, 0) is 35.4 Å². The van der Waals surface area contributed by atoms with Crippen LogP contribution in [-0.4, -0.2) is 46.6 Å². The van der Waals surface area contributed by atoms with E-state index in [9.17, 15) is 19.1 Å². The van der Waals surface area contributed by atoms with Gasteiger partial charge in [0.15, 0.2) is 0 Å². The Kier molecular flexibility index (Phi) is 5.67. The number of carbonyl (C=O) groups excluding carboxylic acids is 1. The summed E-state index contributed by atoms with van der Waals surface area (Å²) in [5, 5.41) is 10.1. The highest BCUT2D eigenvalue weighted by Crippen LogP contribution is 2.34. The lowest BCUT2D eigenvalue weighted by Crippen LogP contribution is -2.41. The van der Waals surface area contributed by atoms with Crippen LogP contribution in [0.4, 0.5) is 4.39 Å². The third-order valence-corrected chi connectivity index (χ3v) is 6.13. The Hall–Kier alpha value is -3.35. The van der Waals surface area contributed by atoms with E-state index in [1.807, 2.05) is 24.3 Å². The van der Waals surface area contributed by atoms with E-state index in [1.54, 1.807) is 29.7 Å². The SMILES string of the molecule is COc1cccc(CC(=O)N(C)[C@H]2CCc3c(c4cc(F)ccc4n3CC(=O)O)C2)c1. The van der Waals surface area contributed by atoms with Gasteiger partial charge in [0.25, 0.3) is 0 Å². The quantitative estimate of drug-likeness (QED) is 0.658. The van der Waals surface area contributed by atoms with Gasteiger partial charge in [0, 0.05) is 29.7 Å². The molecule has 0 unspecified atom stereocenters. The lowest BCUT2D eigenvalue weighted by molar-refractivity contribution is -0.137. The van der Waals surface area contributed by atoms with Gasteiger partial charge in [-0.2, -0.15) is 0 Å². The first-order valence-corrected chi connectivity index (χ1v) is 10.3. The van der Waals surface area contributed by atoms with E-state index >= 15 is 0 Å². The first kappa shape index (κ1) is 20.9. The van der Waals surface area contributed by atoms with Gasteiger partial charge in [-0.25, -0.2) is 4.39 Å². The number of carboxylic acid groups (broad SMARTS) is 1. The number of nitrogens with zero attached hydrogens (tertiary/aromatic N) is 2. The highest BCUT2D eigenvalue weighted by molar-refractivity contribution is 5.87. The molecule has 3 aromatic rings. The highest BCUT2D eigenvalue weighted by Gasteiger charge is 2.30. The molecule has 7 heteroatoms. The number of benzene rings is 2. The van der Waals surface area contributed by atoms with Crippen LogP contribution in [0.25, 0.3) is 10.9 Å². The molecular formula is C24H25FN2O4. The van der Waals surface area contributed by atoms with E-state index in [2.05, 4.69) is 0 Å². The Morgan fingerprint density at radius 3 is 2.81 bits per heavy atom. The second-order valence-electron chi connectivity index (χ2n) is 8.00. The summed E-state index contributed by atoms with van der Waals surface area (Å²) < 4.78 is 21.0. The van der Waals surface area contributed by atoms with Gasteiger partial charge in [-0.3, -0.25) is 9.59 Å². The highest BCUT2D eigenvalue weighted by atomic mass is 19.1. The number of ether oxygens (including phenoxy) is 1. The van der Waals surface area contributed by atoms with Crippen molar-refractivity contribution >= 4 is 22.8 Å². The van der Waals surface area contributed by atoms with Gasteiger partial charge in [0.05, 0.1) is 13.5 Å². The molecule has 162 valence electrons. The Morgan fingerprint density at radius 2 is 2.06 bits per heavy atom. The standard InChI is InChI=1S/C24H25FN2O4/c1-26(23(28)11-15-4-3-5-18(10-15)31-2)17-7-9-22-20(13-17)19-12-16(25)6-8-21(19)27(22)14-24(29)30/h3-6,8,10,12,17H,7,9,11,13-14H2,1-2H3,(H,29,30)/t17-/m0/s1. The van der Waals surface area contributed by atoms with E-state index in [1.165, 1.54) is 12.1 Å². The number of likely N-dealkylation sites (N-methyl/N-ethyl adjacent to an activating group) is 1. The topological polar surface area (TPSA) is 71.8 Å². The van der Waals surface area contributed by atoms with E-state index in [4.69, 9.17) is 4.74 Å². The van der Waals surface area contributed by atoms with Crippen LogP contribution in [0.3, 0.4) is 0 Å². The number of rotatable bonds is 6. The van der Waals surface area contributed by atoms with Crippen molar-refractivity contribution in [1.82, 2.24) is 9.47 Å². The van der Waals surface area contributed by atoms with Crippen molar-refractivity contribution < 1.29 is 23.8 Å². The summed E-state index contributed by atoms with van der Waals surface area (Å²) in [5.74, 6) is -0.574. The summed E-state index contributed by atoms with van der Waals surface area (Å²) in [5.41, 5.74) is 3.47. The average molecular weight is 424 g/mol. The van der Waals surface area contributed by atoms with Crippen LogP contribution in [0.5, 0.6) is 5.75 Å². The summed E-state index contributed by atoms with van der Waals surface area (Å²) in [6, 6.07) is 11.9. The molecule has 6 nitrogen and oxygen atoms in total. The Balaban J connectivity index is 1.59. The van der Waals surface area contributed by atoms with Gasteiger partial charge in [0.1, 0.15) is 18.1 Å². The van der Waals surface area contributed by atoms with Gasteiger partial charge in [-0.15, -0.1) is 0 Å². The van der Waals surface area contributed by atoms with Crippen LogP contribution < -0.4 is 4.74 Å². The number of carboxylic acids is 1. The zero-order chi connectivity index (χ0) is 22.1. The molecule has 0 saturated heterocycles. The molecule has 0 aliphatic heterocycles. The van der Waals surface area contributed by atoms with E-state index < -0.39 is 5.97 Å². The number of methoxy groups -OCH3 is 1. The number of aromatic nitrogens is 1. The number of halogens is 1. The molecule has 1 N–H and O–H groups in total. The predicted octanol–water partition coefficient (Wildman–Crippen LogP) is 3.43. The summed E-state index contributed by atoms with van der Waals surface area (Å²) in [4.78, 5) is 26.1. The van der Waals surface area contributed by atoms with Gasteiger partial charge in [0.2, 0.25) is 5.91 Å². The van der Waals surface area contributed by atoms with Crippen molar-refractivity contribution in [1.29, 1.82) is 0 Å². The van der Waals surface area contributed by atoms with Crippen LogP contribution in [0.1, 0.15) is 23.2 Å². The van der Waals surface area contributed by atoms with Crippen LogP contribution in [0.2, 0.25) is 0 Å². The van der Waals surface area contributed by atoms with E-state index in [0.717, 1.165) is 34.1 Å². The minimum absolute atomic E-state index is 0.00200. The van der Waals surface area contributed by atoms with Crippen molar-refractivity contribution in [3.05, 3.63) is 65.1 Å². The molecule has 1 aromatic heterocycles. The molecule has 1 aliphatic rings. The Labute approximate surface area is 179 Å². The van der Waals surface area contributed by atoms with Crippen molar-refractivity contribution in [3.8, 4) is 5.75 Å². The van der Waals surface area contributed by atoms with Crippen molar-refractivity contribution in [3.63, 3.8) is 0 Å². The first-order chi connectivity index (χ1) is 14.9. The van der Waals surface area contributed by atoms with Crippen molar-refractivity contribution in [2.45, 2.75) is 38.3 Å². The van der Waals surface area contributed by atoms with Gasteiger partial charge < -0.3 is 19.3 Å². The third-order valence-electron chi connectivity index (χ3n) is 6.13. The second kappa shape index (κ2) is 8.41. The monoisotopic (exact) mass is 424 g/mol. The molecule has 1 heterocycles. The minimum atomic E-state index is -0.934. The molecule has 0 bridgehead atoms. The molecule has 4 rings (SSSR count).